The van der Waals surface area contributed by atoms with Crippen molar-refractivity contribution in [2.75, 3.05) is 6.54 Å². The molecule has 36 heavy (non-hydrogen) atoms. The minimum absolute atomic E-state index is 0.0653. The molecule has 0 saturated heterocycles. The van der Waals surface area contributed by atoms with Gasteiger partial charge in [-0.1, -0.05) is 24.3 Å². The van der Waals surface area contributed by atoms with Gasteiger partial charge in [-0.3, -0.25) is 9.59 Å². The first-order valence-corrected chi connectivity index (χ1v) is 12.0. The molecule has 0 fully saturated rings. The van der Waals surface area contributed by atoms with Gasteiger partial charge in [0.15, 0.2) is 22.1 Å². The maximum absolute atomic E-state index is 14.7. The van der Waals surface area contributed by atoms with Gasteiger partial charge in [0, 0.05) is 18.5 Å². The van der Waals surface area contributed by atoms with Gasteiger partial charge in [0.05, 0.1) is 30.2 Å². The largest absolute Gasteiger partial charge is 0.446 e. The molecular weight excluding hydrogens is 531 g/mol. The number of rotatable bonds is 4. The van der Waals surface area contributed by atoms with Crippen LogP contribution in [0.3, 0.4) is 0 Å². The number of carbonyl (C=O) groups is 1. The summed E-state index contributed by atoms with van der Waals surface area (Å²) in [7, 11) is 0. The summed E-state index contributed by atoms with van der Waals surface area (Å²) in [4.78, 5) is 27.6. The van der Waals surface area contributed by atoms with E-state index in [4.69, 9.17) is 4.42 Å². The summed E-state index contributed by atoms with van der Waals surface area (Å²) >= 11 is 3.28. The molecule has 2 aromatic carbocycles. The number of amides is 1. The summed E-state index contributed by atoms with van der Waals surface area (Å²) in [6.07, 6.45) is 1.62. The van der Waals surface area contributed by atoms with E-state index in [9.17, 15) is 14.0 Å². The molecule has 0 N–H and O–H groups in total. The van der Waals surface area contributed by atoms with E-state index in [2.05, 4.69) is 31.2 Å². The molecule has 5 aromatic rings. The van der Waals surface area contributed by atoms with Crippen molar-refractivity contribution in [3.05, 3.63) is 98.6 Å². The Morgan fingerprint density at radius 1 is 1.08 bits per heavy atom. The first-order valence-electron chi connectivity index (χ1n) is 11.2. The monoisotopic (exact) mass is 548 g/mol. The fourth-order valence-corrected chi connectivity index (χ4v) is 4.67. The molecule has 0 bridgehead atoms. The zero-order chi connectivity index (χ0) is 24.8. The van der Waals surface area contributed by atoms with E-state index in [1.807, 2.05) is 16.7 Å². The number of halogens is 2. The van der Waals surface area contributed by atoms with Crippen LogP contribution in [0.1, 0.15) is 21.7 Å². The Hall–Kier alpha value is -4.12. The summed E-state index contributed by atoms with van der Waals surface area (Å²) in [5.41, 5.74) is 0.278. The first-order chi connectivity index (χ1) is 17.5. The highest BCUT2D eigenvalue weighted by atomic mass is 79.9. The van der Waals surface area contributed by atoms with Gasteiger partial charge in [-0.2, -0.15) is 5.10 Å². The third-order valence-corrected chi connectivity index (χ3v) is 6.62. The molecular formula is C25H18BrFN6O3. The van der Waals surface area contributed by atoms with Gasteiger partial charge < -0.3 is 13.9 Å². The third kappa shape index (κ3) is 3.91. The van der Waals surface area contributed by atoms with Gasteiger partial charge in [0.25, 0.3) is 11.5 Å². The highest BCUT2D eigenvalue weighted by molar-refractivity contribution is 9.10. The molecule has 11 heteroatoms. The van der Waals surface area contributed by atoms with Crippen LogP contribution in [0.15, 0.2) is 74.7 Å². The van der Waals surface area contributed by atoms with E-state index < -0.39 is 11.7 Å². The number of fused-ring (bicyclic) bond motifs is 2. The Kier molecular flexibility index (Phi) is 5.48. The third-order valence-electron chi connectivity index (χ3n) is 6.19. The van der Waals surface area contributed by atoms with E-state index in [-0.39, 0.29) is 24.2 Å². The number of nitrogens with zero attached hydrogens (tertiary/aromatic N) is 6. The molecule has 6 rings (SSSR count). The quantitative estimate of drug-likeness (QED) is 0.338. The van der Waals surface area contributed by atoms with E-state index in [0.717, 1.165) is 5.39 Å². The molecule has 0 spiro atoms. The second-order valence-electron chi connectivity index (χ2n) is 8.43. The van der Waals surface area contributed by atoms with E-state index in [0.29, 0.717) is 46.1 Å². The fraction of sp³-hybridized carbons (Fsp3) is 0.160. The number of furan rings is 1. The molecule has 9 nitrogen and oxygen atoms in total. The fourth-order valence-electron chi connectivity index (χ4n) is 4.37. The first kappa shape index (κ1) is 22.4. The van der Waals surface area contributed by atoms with E-state index in [1.54, 1.807) is 36.5 Å². The van der Waals surface area contributed by atoms with Crippen LogP contribution in [-0.2, 0) is 19.6 Å². The van der Waals surface area contributed by atoms with Crippen molar-refractivity contribution in [1.82, 2.24) is 29.4 Å². The van der Waals surface area contributed by atoms with Crippen molar-refractivity contribution in [3.8, 4) is 11.6 Å². The average Bonchev–Trinajstić information content (AvgIpc) is 3.52. The minimum Gasteiger partial charge on any atom is -0.446 e. The maximum Gasteiger partial charge on any atom is 0.274 e. The lowest BCUT2D eigenvalue weighted by atomic mass is 10.1. The summed E-state index contributed by atoms with van der Waals surface area (Å²) in [5.74, 6) is 0.641. The Labute approximate surface area is 211 Å². The van der Waals surface area contributed by atoms with Crippen molar-refractivity contribution in [2.24, 2.45) is 0 Å². The molecule has 0 atom stereocenters. The van der Waals surface area contributed by atoms with Gasteiger partial charge in [0.1, 0.15) is 5.82 Å². The second kappa shape index (κ2) is 8.83. The summed E-state index contributed by atoms with van der Waals surface area (Å²) in [6.45, 7) is 1.09. The summed E-state index contributed by atoms with van der Waals surface area (Å²) in [6, 6.07) is 15.0. The molecule has 0 unspecified atom stereocenters. The molecule has 0 saturated carbocycles. The lowest BCUT2D eigenvalue weighted by molar-refractivity contribution is 0.0703. The minimum atomic E-state index is -0.629. The molecule has 1 aliphatic heterocycles. The van der Waals surface area contributed by atoms with Crippen LogP contribution in [0.25, 0.3) is 22.4 Å². The predicted molar refractivity (Wildman–Crippen MR) is 132 cm³/mol. The molecule has 4 heterocycles. The van der Waals surface area contributed by atoms with Crippen molar-refractivity contribution in [2.45, 2.75) is 19.6 Å². The molecule has 3 aromatic heterocycles. The van der Waals surface area contributed by atoms with Crippen molar-refractivity contribution >= 4 is 32.6 Å². The molecule has 0 aliphatic carbocycles. The van der Waals surface area contributed by atoms with Crippen LogP contribution >= 0.6 is 15.9 Å². The lowest BCUT2D eigenvalue weighted by Gasteiger charge is -2.28. The van der Waals surface area contributed by atoms with Crippen LogP contribution in [0.2, 0.25) is 0 Å². The smallest absolute Gasteiger partial charge is 0.274 e. The zero-order valence-electron chi connectivity index (χ0n) is 18.8. The van der Waals surface area contributed by atoms with Crippen LogP contribution < -0.4 is 5.56 Å². The molecule has 0 radical (unpaired) electrons. The molecule has 1 amide bonds. The number of aromatic nitrogens is 5. The number of hydrogen-bond donors (Lipinski definition) is 0. The zero-order valence-corrected chi connectivity index (χ0v) is 20.4. The second-order valence-corrected chi connectivity index (χ2v) is 9.21. The van der Waals surface area contributed by atoms with Crippen LogP contribution in [0.5, 0.6) is 0 Å². The van der Waals surface area contributed by atoms with Gasteiger partial charge in [-0.05, 0) is 51.8 Å². The van der Waals surface area contributed by atoms with Crippen LogP contribution in [0.4, 0.5) is 4.39 Å². The van der Waals surface area contributed by atoms with Gasteiger partial charge in [-0.15, -0.1) is 10.2 Å². The van der Waals surface area contributed by atoms with Crippen molar-refractivity contribution in [1.29, 1.82) is 0 Å². The van der Waals surface area contributed by atoms with Gasteiger partial charge >= 0.3 is 0 Å². The topological polar surface area (TPSA) is 99.1 Å². The average molecular weight is 549 g/mol. The lowest BCUT2D eigenvalue weighted by Crippen LogP contribution is -2.39. The Bertz CT molecular complexity index is 1690. The normalized spacial score (nSPS) is 13.2. The number of carbonyl (C=O) groups excluding carboxylic acids is 1. The van der Waals surface area contributed by atoms with Crippen molar-refractivity contribution < 1.29 is 13.6 Å². The summed E-state index contributed by atoms with van der Waals surface area (Å²) in [5, 5.41) is 13.9. The molecule has 1 aliphatic rings. The standard InChI is InChI=1S/C25H18BrFN6O3/c26-21-8-7-20(36-21)23-30-29-22-14-31(9-10-32(22)23)24(34)18-11-15(5-6-19(18)27)13-33-25(35)17-4-2-1-3-16(17)12-28-33/h1-8,11-12H,9-10,13-14H2. The predicted octanol–water partition coefficient (Wildman–Crippen LogP) is 3.85. The van der Waals surface area contributed by atoms with Crippen molar-refractivity contribution in [3.63, 3.8) is 0 Å². The SMILES string of the molecule is O=C(c1cc(Cn2ncc3ccccc3c2=O)ccc1F)N1CCn2c(nnc2-c2ccc(Br)o2)C1. The number of hydrogen-bond acceptors (Lipinski definition) is 6. The van der Waals surface area contributed by atoms with E-state index >= 15 is 0 Å². The van der Waals surface area contributed by atoms with Crippen LogP contribution in [0, 0.1) is 5.82 Å². The maximum atomic E-state index is 14.7. The Morgan fingerprint density at radius 3 is 2.78 bits per heavy atom. The highest BCUT2D eigenvalue weighted by Gasteiger charge is 2.28. The van der Waals surface area contributed by atoms with Gasteiger partial charge in [0.2, 0.25) is 0 Å². The van der Waals surface area contributed by atoms with E-state index in [1.165, 1.54) is 21.7 Å². The molecule has 180 valence electrons. The highest BCUT2D eigenvalue weighted by Crippen LogP contribution is 2.26. The van der Waals surface area contributed by atoms with Crippen LogP contribution in [-0.4, -0.2) is 41.9 Å². The Balaban J connectivity index is 1.25. The Morgan fingerprint density at radius 2 is 1.94 bits per heavy atom. The summed E-state index contributed by atoms with van der Waals surface area (Å²) < 4.78 is 24.1. The number of benzene rings is 2. The van der Waals surface area contributed by atoms with Gasteiger partial charge in [-0.25, -0.2) is 9.07 Å².